The van der Waals surface area contributed by atoms with Crippen molar-refractivity contribution < 1.29 is 9.90 Å². The van der Waals surface area contributed by atoms with Crippen molar-refractivity contribution in [3.8, 4) is 0 Å². The molecule has 3 rings (SSSR count). The summed E-state index contributed by atoms with van der Waals surface area (Å²) >= 11 is 0. The van der Waals surface area contributed by atoms with Gasteiger partial charge in [-0.1, -0.05) is 0 Å². The monoisotopic (exact) mass is 355 g/mol. The summed E-state index contributed by atoms with van der Waals surface area (Å²) in [5.41, 5.74) is -0.0577. The van der Waals surface area contributed by atoms with Crippen molar-refractivity contribution in [1.82, 2.24) is 15.2 Å². The number of hydrogen-bond donors (Lipinski definition) is 3. The van der Waals surface area contributed by atoms with Crippen LogP contribution in [0.4, 0.5) is 0 Å². The standard InChI is InChI=1S/C17H25N3O3.ClH/c21-14-3-7-20(8-4-14)11-16(23)19-17(13-9-15(22)10-13)12-1-5-18-6-2-12;/h3-4,7-8,12-13,15,17-18,22H,1-2,5-6,9-11H2,(H,19,23);1H. The fourth-order valence-electron chi connectivity index (χ4n) is 3.69. The highest BCUT2D eigenvalue weighted by atomic mass is 35.5. The number of piperidine rings is 1. The van der Waals surface area contributed by atoms with Gasteiger partial charge >= 0.3 is 0 Å². The first-order chi connectivity index (χ1) is 11.1. The normalized spacial score (nSPS) is 25.2. The molecule has 1 saturated carbocycles. The van der Waals surface area contributed by atoms with Crippen LogP contribution in [0.25, 0.3) is 0 Å². The molecule has 1 aliphatic heterocycles. The molecule has 1 aromatic heterocycles. The van der Waals surface area contributed by atoms with E-state index < -0.39 is 0 Å². The highest BCUT2D eigenvalue weighted by molar-refractivity contribution is 5.85. The van der Waals surface area contributed by atoms with Gasteiger partial charge in [-0.25, -0.2) is 0 Å². The van der Waals surface area contributed by atoms with E-state index in [-0.39, 0.29) is 42.4 Å². The largest absolute Gasteiger partial charge is 0.393 e. The van der Waals surface area contributed by atoms with Gasteiger partial charge < -0.3 is 20.3 Å². The highest BCUT2D eigenvalue weighted by Crippen LogP contribution is 2.35. The summed E-state index contributed by atoms with van der Waals surface area (Å²) in [4.78, 5) is 23.5. The van der Waals surface area contributed by atoms with Crippen LogP contribution in [-0.4, -0.2) is 40.8 Å². The molecule has 7 heteroatoms. The lowest BCUT2D eigenvalue weighted by Crippen LogP contribution is -2.53. The first-order valence-electron chi connectivity index (χ1n) is 8.46. The molecule has 134 valence electrons. The Hall–Kier alpha value is -1.37. The second-order valence-electron chi connectivity index (χ2n) is 6.77. The van der Waals surface area contributed by atoms with E-state index in [1.807, 2.05) is 0 Å². The van der Waals surface area contributed by atoms with Crippen molar-refractivity contribution in [2.24, 2.45) is 11.8 Å². The Morgan fingerprint density at radius 3 is 2.46 bits per heavy atom. The van der Waals surface area contributed by atoms with Crippen LogP contribution < -0.4 is 16.1 Å². The Labute approximate surface area is 148 Å². The van der Waals surface area contributed by atoms with E-state index in [0.29, 0.717) is 11.8 Å². The van der Waals surface area contributed by atoms with Crippen LogP contribution in [0.15, 0.2) is 29.3 Å². The molecule has 1 amide bonds. The van der Waals surface area contributed by atoms with Gasteiger partial charge in [-0.05, 0) is 50.6 Å². The van der Waals surface area contributed by atoms with Crippen LogP contribution in [0.1, 0.15) is 25.7 Å². The van der Waals surface area contributed by atoms with E-state index in [4.69, 9.17) is 0 Å². The van der Waals surface area contributed by atoms with Gasteiger partial charge in [-0.2, -0.15) is 0 Å². The van der Waals surface area contributed by atoms with Crippen LogP contribution >= 0.6 is 12.4 Å². The summed E-state index contributed by atoms with van der Waals surface area (Å²) in [6.45, 7) is 2.20. The van der Waals surface area contributed by atoms with Crippen molar-refractivity contribution >= 4 is 18.3 Å². The molecule has 2 fully saturated rings. The minimum atomic E-state index is -0.208. The topological polar surface area (TPSA) is 83.4 Å². The second-order valence-corrected chi connectivity index (χ2v) is 6.77. The number of amides is 1. The quantitative estimate of drug-likeness (QED) is 0.719. The number of carbonyl (C=O) groups excluding carboxylic acids is 1. The van der Waals surface area contributed by atoms with Gasteiger partial charge in [0.05, 0.1) is 6.10 Å². The molecule has 1 atom stereocenters. The molecule has 0 aromatic carbocycles. The summed E-state index contributed by atoms with van der Waals surface area (Å²) in [6.07, 6.45) is 6.76. The minimum absolute atomic E-state index is 0. The number of aliphatic hydroxyl groups excluding tert-OH is 1. The average Bonchev–Trinajstić information content (AvgIpc) is 2.53. The maximum Gasteiger partial charge on any atom is 0.240 e. The SMILES string of the molecule is Cl.O=C(Cn1ccc(=O)cc1)NC(C1CCNCC1)C1CC(O)C1. The number of carbonyl (C=O) groups is 1. The van der Waals surface area contributed by atoms with Crippen LogP contribution in [0.5, 0.6) is 0 Å². The Kier molecular flexibility index (Phi) is 6.83. The Bertz CT molecular complexity index is 574. The number of pyridine rings is 1. The molecule has 1 saturated heterocycles. The van der Waals surface area contributed by atoms with Crippen LogP contribution in [0.3, 0.4) is 0 Å². The molecule has 3 N–H and O–H groups in total. The summed E-state index contributed by atoms with van der Waals surface area (Å²) < 4.78 is 1.71. The van der Waals surface area contributed by atoms with Gasteiger partial charge in [0.2, 0.25) is 5.91 Å². The molecule has 1 unspecified atom stereocenters. The summed E-state index contributed by atoms with van der Waals surface area (Å²) in [5.74, 6) is 0.830. The van der Waals surface area contributed by atoms with Crippen LogP contribution in [-0.2, 0) is 11.3 Å². The third kappa shape index (κ3) is 4.82. The number of aliphatic hydroxyl groups is 1. The van der Waals surface area contributed by atoms with Gasteiger partial charge in [0.25, 0.3) is 0 Å². The predicted molar refractivity (Wildman–Crippen MR) is 94.2 cm³/mol. The van der Waals surface area contributed by atoms with Crippen molar-refractivity contribution in [1.29, 1.82) is 0 Å². The molecule has 1 aliphatic carbocycles. The van der Waals surface area contributed by atoms with E-state index >= 15 is 0 Å². The molecule has 2 heterocycles. The molecule has 0 bridgehead atoms. The maximum atomic E-state index is 12.4. The van der Waals surface area contributed by atoms with E-state index in [1.165, 1.54) is 12.1 Å². The summed E-state index contributed by atoms with van der Waals surface area (Å²) in [5, 5.41) is 16.2. The van der Waals surface area contributed by atoms with Crippen molar-refractivity contribution in [3.05, 3.63) is 34.7 Å². The van der Waals surface area contributed by atoms with Gasteiger partial charge in [0.15, 0.2) is 5.43 Å². The number of nitrogens with one attached hydrogen (secondary N) is 2. The lowest BCUT2D eigenvalue weighted by atomic mass is 9.71. The average molecular weight is 356 g/mol. The Balaban J connectivity index is 0.00000208. The Morgan fingerprint density at radius 2 is 1.88 bits per heavy atom. The molecule has 2 aliphatic rings. The predicted octanol–water partition coefficient (Wildman–Crippen LogP) is 0.525. The second kappa shape index (κ2) is 8.65. The zero-order valence-electron chi connectivity index (χ0n) is 13.7. The number of nitrogens with zero attached hydrogens (tertiary/aromatic N) is 1. The van der Waals surface area contributed by atoms with Gasteiger partial charge in [-0.3, -0.25) is 9.59 Å². The Morgan fingerprint density at radius 1 is 1.25 bits per heavy atom. The molecule has 1 aromatic rings. The first-order valence-corrected chi connectivity index (χ1v) is 8.46. The van der Waals surface area contributed by atoms with E-state index in [2.05, 4.69) is 10.6 Å². The minimum Gasteiger partial charge on any atom is -0.393 e. The third-order valence-electron chi connectivity index (χ3n) is 5.06. The molecule has 24 heavy (non-hydrogen) atoms. The zero-order valence-corrected chi connectivity index (χ0v) is 14.5. The fourth-order valence-corrected chi connectivity index (χ4v) is 3.69. The van der Waals surface area contributed by atoms with Crippen molar-refractivity contribution in [2.45, 2.75) is 44.4 Å². The zero-order chi connectivity index (χ0) is 16.2. The molecular formula is C17H26ClN3O3. The van der Waals surface area contributed by atoms with Gasteiger partial charge in [-0.15, -0.1) is 12.4 Å². The van der Waals surface area contributed by atoms with Crippen LogP contribution in [0, 0.1) is 11.8 Å². The van der Waals surface area contributed by atoms with E-state index in [0.717, 1.165) is 38.8 Å². The summed E-state index contributed by atoms with van der Waals surface area (Å²) in [7, 11) is 0. The van der Waals surface area contributed by atoms with E-state index in [1.54, 1.807) is 17.0 Å². The van der Waals surface area contributed by atoms with Gasteiger partial charge in [0.1, 0.15) is 6.54 Å². The third-order valence-corrected chi connectivity index (χ3v) is 5.06. The highest BCUT2D eigenvalue weighted by Gasteiger charge is 2.39. The lowest BCUT2D eigenvalue weighted by molar-refractivity contribution is -0.124. The molecular weight excluding hydrogens is 330 g/mol. The fraction of sp³-hybridized carbons (Fsp3) is 0.647. The van der Waals surface area contributed by atoms with E-state index in [9.17, 15) is 14.7 Å². The smallest absolute Gasteiger partial charge is 0.240 e. The number of hydrogen-bond acceptors (Lipinski definition) is 4. The van der Waals surface area contributed by atoms with Crippen molar-refractivity contribution in [2.75, 3.05) is 13.1 Å². The molecule has 6 nitrogen and oxygen atoms in total. The van der Waals surface area contributed by atoms with Gasteiger partial charge in [0, 0.05) is 30.6 Å². The number of rotatable bonds is 5. The first kappa shape index (κ1) is 19.0. The molecule has 0 radical (unpaired) electrons. The number of aromatic nitrogens is 1. The number of halogens is 1. The lowest BCUT2D eigenvalue weighted by Gasteiger charge is -2.43. The molecule has 0 spiro atoms. The van der Waals surface area contributed by atoms with Crippen molar-refractivity contribution in [3.63, 3.8) is 0 Å². The maximum absolute atomic E-state index is 12.4. The van der Waals surface area contributed by atoms with Crippen LogP contribution in [0.2, 0.25) is 0 Å². The summed E-state index contributed by atoms with van der Waals surface area (Å²) in [6, 6.07) is 3.06.